The summed E-state index contributed by atoms with van der Waals surface area (Å²) in [6, 6.07) is 0. The van der Waals surface area contributed by atoms with E-state index in [0.717, 1.165) is 4.57 Å². The second-order valence-electron chi connectivity index (χ2n) is 1.90. The summed E-state index contributed by atoms with van der Waals surface area (Å²) in [6.07, 6.45) is 0. The van der Waals surface area contributed by atoms with Crippen molar-refractivity contribution in [2.75, 3.05) is 7.11 Å². The Bertz CT molecular complexity index is 364. The van der Waals surface area contributed by atoms with Crippen LogP contribution < -0.4 is 16.0 Å². The number of H-pyrrole nitrogens is 1. The number of nitrogens with zero attached hydrogens (tertiary/aromatic N) is 2. The minimum absolute atomic E-state index is 0.118. The topological polar surface area (TPSA) is 77.0 Å². The van der Waals surface area contributed by atoms with Crippen molar-refractivity contribution in [2.24, 2.45) is 7.05 Å². The van der Waals surface area contributed by atoms with Crippen molar-refractivity contribution in [3.05, 3.63) is 20.8 Å². The highest BCUT2D eigenvalue weighted by Gasteiger charge is 2.03. The van der Waals surface area contributed by atoms with Crippen LogP contribution in [0.1, 0.15) is 0 Å². The van der Waals surface area contributed by atoms with Crippen LogP contribution in [0.15, 0.2) is 9.59 Å². The van der Waals surface area contributed by atoms with Gasteiger partial charge in [-0.2, -0.15) is 0 Å². The molecular formula is C5H7N3O3. The average Bonchev–Trinajstić information content (AvgIpc) is 2.01. The van der Waals surface area contributed by atoms with Crippen molar-refractivity contribution in [1.82, 2.24) is 14.8 Å². The maximum atomic E-state index is 11.0. The molecule has 0 atom stereocenters. The van der Waals surface area contributed by atoms with Gasteiger partial charge in [-0.3, -0.25) is 9.36 Å². The number of hydrogen-bond donors (Lipinski definition) is 1. The van der Waals surface area contributed by atoms with E-state index in [2.05, 4.69) is 14.9 Å². The van der Waals surface area contributed by atoms with Crippen molar-refractivity contribution in [3.8, 4) is 5.88 Å². The van der Waals surface area contributed by atoms with Crippen LogP contribution in [0.2, 0.25) is 0 Å². The lowest BCUT2D eigenvalue weighted by atomic mass is 10.7. The maximum absolute atomic E-state index is 11.0. The molecule has 0 aliphatic rings. The van der Waals surface area contributed by atoms with Gasteiger partial charge in [0.2, 0.25) is 0 Å². The minimum atomic E-state index is -0.559. The number of aromatic amines is 1. The van der Waals surface area contributed by atoms with E-state index in [1.165, 1.54) is 14.2 Å². The Hall–Kier alpha value is -1.59. The third kappa shape index (κ3) is 1.14. The fourth-order valence-corrected chi connectivity index (χ4v) is 0.590. The van der Waals surface area contributed by atoms with Gasteiger partial charge in [0.05, 0.1) is 7.11 Å². The van der Waals surface area contributed by atoms with Gasteiger partial charge in [0.1, 0.15) is 0 Å². The predicted octanol–water partition coefficient (Wildman–Crippen LogP) is -1.52. The molecule has 0 aliphatic carbocycles. The standard InChI is InChI=1S/C5H7N3O3/c1-8-4(9)3(11-2)6-7-5(8)10/h1-2H3,(H,7,10). The van der Waals surface area contributed by atoms with Crippen molar-refractivity contribution in [3.63, 3.8) is 0 Å². The fourth-order valence-electron chi connectivity index (χ4n) is 0.590. The number of hydrogen-bond acceptors (Lipinski definition) is 4. The molecule has 0 radical (unpaired) electrons. The van der Waals surface area contributed by atoms with Gasteiger partial charge < -0.3 is 4.74 Å². The van der Waals surface area contributed by atoms with E-state index in [1.54, 1.807) is 0 Å². The number of rotatable bonds is 1. The average molecular weight is 157 g/mol. The first kappa shape index (κ1) is 7.52. The lowest BCUT2D eigenvalue weighted by Crippen LogP contribution is -2.34. The molecule has 0 aliphatic heterocycles. The SMILES string of the molecule is COc1n[nH]c(=O)n(C)c1=O. The largest absolute Gasteiger partial charge is 0.476 e. The summed E-state index contributed by atoms with van der Waals surface area (Å²) in [6.45, 7) is 0. The van der Waals surface area contributed by atoms with E-state index in [9.17, 15) is 9.59 Å². The fraction of sp³-hybridized carbons (Fsp3) is 0.400. The predicted molar refractivity (Wildman–Crippen MR) is 36.7 cm³/mol. The molecule has 0 saturated heterocycles. The van der Waals surface area contributed by atoms with Crippen LogP contribution in [0.25, 0.3) is 0 Å². The number of methoxy groups -OCH3 is 1. The Labute approximate surface area is 61.4 Å². The first-order valence-electron chi connectivity index (χ1n) is 2.86. The Balaban J connectivity index is 3.50. The molecule has 0 amide bonds. The normalized spacial score (nSPS) is 9.64. The van der Waals surface area contributed by atoms with Crippen LogP contribution in [0.4, 0.5) is 0 Å². The molecule has 1 aromatic rings. The first-order valence-corrected chi connectivity index (χ1v) is 2.86. The van der Waals surface area contributed by atoms with Crippen LogP contribution in [0.3, 0.4) is 0 Å². The van der Waals surface area contributed by atoms with Crippen LogP contribution in [-0.2, 0) is 7.05 Å². The maximum Gasteiger partial charge on any atom is 0.344 e. The van der Waals surface area contributed by atoms with Crippen LogP contribution in [-0.4, -0.2) is 21.9 Å². The van der Waals surface area contributed by atoms with Crippen LogP contribution in [0, 0.1) is 0 Å². The Morgan fingerprint density at radius 2 is 2.18 bits per heavy atom. The first-order chi connectivity index (χ1) is 5.16. The van der Waals surface area contributed by atoms with Gasteiger partial charge in [-0.05, 0) is 0 Å². The van der Waals surface area contributed by atoms with Crippen LogP contribution >= 0.6 is 0 Å². The second kappa shape index (κ2) is 2.57. The lowest BCUT2D eigenvalue weighted by Gasteiger charge is -1.97. The molecule has 1 N–H and O–H groups in total. The van der Waals surface area contributed by atoms with Gasteiger partial charge >= 0.3 is 11.2 Å². The van der Waals surface area contributed by atoms with Crippen molar-refractivity contribution in [1.29, 1.82) is 0 Å². The third-order valence-corrected chi connectivity index (χ3v) is 1.24. The zero-order chi connectivity index (χ0) is 8.43. The number of ether oxygens (including phenoxy) is 1. The molecular weight excluding hydrogens is 150 g/mol. The Morgan fingerprint density at radius 3 is 2.73 bits per heavy atom. The highest BCUT2D eigenvalue weighted by atomic mass is 16.5. The molecule has 6 heteroatoms. The molecule has 60 valence electrons. The van der Waals surface area contributed by atoms with E-state index < -0.39 is 11.2 Å². The van der Waals surface area contributed by atoms with Gasteiger partial charge in [0, 0.05) is 7.05 Å². The van der Waals surface area contributed by atoms with E-state index in [-0.39, 0.29) is 5.88 Å². The zero-order valence-corrected chi connectivity index (χ0v) is 6.12. The Kier molecular flexibility index (Phi) is 1.75. The molecule has 11 heavy (non-hydrogen) atoms. The molecule has 6 nitrogen and oxygen atoms in total. The van der Waals surface area contributed by atoms with E-state index in [1.807, 2.05) is 0 Å². The summed E-state index contributed by atoms with van der Waals surface area (Å²) < 4.78 is 5.45. The molecule has 1 heterocycles. The lowest BCUT2D eigenvalue weighted by molar-refractivity contribution is 0.376. The highest BCUT2D eigenvalue weighted by molar-refractivity contribution is 4.99. The zero-order valence-electron chi connectivity index (χ0n) is 6.12. The quantitative estimate of drug-likeness (QED) is 0.537. The second-order valence-corrected chi connectivity index (χ2v) is 1.90. The van der Waals surface area contributed by atoms with Gasteiger partial charge in [-0.15, -0.1) is 5.10 Å². The monoisotopic (exact) mass is 157 g/mol. The minimum Gasteiger partial charge on any atom is -0.476 e. The molecule has 0 saturated carbocycles. The van der Waals surface area contributed by atoms with Gasteiger partial charge in [-0.25, -0.2) is 9.89 Å². The highest BCUT2D eigenvalue weighted by Crippen LogP contribution is 1.86. The number of aromatic nitrogens is 3. The molecule has 0 bridgehead atoms. The molecule has 0 fully saturated rings. The van der Waals surface area contributed by atoms with E-state index in [0.29, 0.717) is 0 Å². The van der Waals surface area contributed by atoms with Crippen LogP contribution in [0.5, 0.6) is 5.88 Å². The summed E-state index contributed by atoms with van der Waals surface area (Å²) >= 11 is 0. The molecule has 0 unspecified atom stereocenters. The summed E-state index contributed by atoms with van der Waals surface area (Å²) in [7, 11) is 2.65. The summed E-state index contributed by atoms with van der Waals surface area (Å²) in [5.41, 5.74) is -1.10. The molecule has 0 aromatic carbocycles. The van der Waals surface area contributed by atoms with Gasteiger partial charge in [-0.1, -0.05) is 0 Å². The third-order valence-electron chi connectivity index (χ3n) is 1.24. The van der Waals surface area contributed by atoms with Gasteiger partial charge in [0.25, 0.3) is 5.88 Å². The van der Waals surface area contributed by atoms with Crippen molar-refractivity contribution < 1.29 is 4.74 Å². The molecule has 1 aromatic heterocycles. The van der Waals surface area contributed by atoms with Crippen molar-refractivity contribution >= 4 is 0 Å². The molecule has 0 spiro atoms. The smallest absolute Gasteiger partial charge is 0.344 e. The summed E-state index contributed by atoms with van der Waals surface area (Å²) in [5, 5.41) is 5.46. The summed E-state index contributed by atoms with van der Waals surface area (Å²) in [4.78, 5) is 21.7. The van der Waals surface area contributed by atoms with E-state index >= 15 is 0 Å². The van der Waals surface area contributed by atoms with Gasteiger partial charge in [0.15, 0.2) is 0 Å². The number of nitrogens with one attached hydrogen (secondary N) is 1. The van der Waals surface area contributed by atoms with E-state index in [4.69, 9.17) is 0 Å². The van der Waals surface area contributed by atoms with Crippen molar-refractivity contribution in [2.45, 2.75) is 0 Å². The summed E-state index contributed by atoms with van der Waals surface area (Å²) in [5.74, 6) is -0.118. The Morgan fingerprint density at radius 1 is 1.55 bits per heavy atom. The molecule has 1 rings (SSSR count).